The van der Waals surface area contributed by atoms with Gasteiger partial charge in [-0.05, 0) is 56.1 Å². The Hall–Kier alpha value is -1.26. The number of fused-ring (bicyclic) bond motifs is 3. The van der Waals surface area contributed by atoms with Gasteiger partial charge in [-0.3, -0.25) is 9.69 Å². The minimum absolute atomic E-state index is 0.149. The molecule has 5 rings (SSSR count). The molecule has 5 heteroatoms. The van der Waals surface area contributed by atoms with Gasteiger partial charge in [0.15, 0.2) is 0 Å². The minimum Gasteiger partial charge on any atom is -0.348 e. The van der Waals surface area contributed by atoms with Crippen LogP contribution < -0.4 is 10.2 Å². The summed E-state index contributed by atoms with van der Waals surface area (Å²) in [7, 11) is 0. The molecule has 0 radical (unpaired) electrons. The Morgan fingerprint density at radius 3 is 2.95 bits per heavy atom. The van der Waals surface area contributed by atoms with Crippen LogP contribution in [-0.4, -0.2) is 42.6 Å². The van der Waals surface area contributed by atoms with Crippen molar-refractivity contribution in [2.24, 2.45) is 5.92 Å². The van der Waals surface area contributed by atoms with Crippen molar-refractivity contribution < 1.29 is 4.79 Å². The van der Waals surface area contributed by atoms with Crippen molar-refractivity contribution in [3.8, 4) is 0 Å². The predicted octanol–water partition coefficient (Wildman–Crippen LogP) is 2.18. The lowest BCUT2D eigenvalue weighted by Gasteiger charge is -2.49. The number of halogens is 1. The SMILES string of the molecule is O=C1NCN2c3ccc(Cl)cc3[C@H]3CCN4CCC[C@H]1[C@H]4[C@H]32. The number of hydrogen-bond donors (Lipinski definition) is 1. The molecule has 0 unspecified atom stereocenters. The van der Waals surface area contributed by atoms with Crippen molar-refractivity contribution in [3.05, 3.63) is 28.8 Å². The van der Waals surface area contributed by atoms with E-state index in [2.05, 4.69) is 27.2 Å². The van der Waals surface area contributed by atoms with Gasteiger partial charge >= 0.3 is 0 Å². The third kappa shape index (κ3) is 1.65. The molecule has 0 aliphatic carbocycles. The lowest BCUT2D eigenvalue weighted by Crippen LogP contribution is -2.60. The number of carbonyl (C=O) groups excluding carboxylic acids is 1. The van der Waals surface area contributed by atoms with E-state index in [0.717, 1.165) is 31.0 Å². The number of hydrogen-bond acceptors (Lipinski definition) is 3. The fourth-order valence-corrected chi connectivity index (χ4v) is 5.45. The van der Waals surface area contributed by atoms with E-state index in [-0.39, 0.29) is 11.8 Å². The second-order valence-electron chi connectivity index (χ2n) is 7.03. The van der Waals surface area contributed by atoms with E-state index in [1.807, 2.05) is 6.07 Å². The standard InChI is InChI=1S/C17H20ClN3O/c18-10-3-4-14-13(8-10)11-5-7-20-6-1-2-12-15(20)16(11)21(14)9-19-17(12)22/h3-4,8,11-12,15-16H,1-2,5-7,9H2,(H,19,22)/t11-,12+,15+,16+/m1/s1. The average Bonchev–Trinajstić information content (AvgIpc) is 2.76. The van der Waals surface area contributed by atoms with E-state index in [1.165, 1.54) is 17.7 Å². The van der Waals surface area contributed by atoms with Crippen LogP contribution in [-0.2, 0) is 4.79 Å². The summed E-state index contributed by atoms with van der Waals surface area (Å²) in [6, 6.07) is 7.04. The summed E-state index contributed by atoms with van der Waals surface area (Å²) in [5, 5.41) is 3.99. The lowest BCUT2D eigenvalue weighted by molar-refractivity contribution is -0.128. The molecule has 0 bridgehead atoms. The molecule has 116 valence electrons. The van der Waals surface area contributed by atoms with Crippen LogP contribution in [0, 0.1) is 5.92 Å². The van der Waals surface area contributed by atoms with Gasteiger partial charge in [-0.15, -0.1) is 0 Å². The number of benzene rings is 1. The summed E-state index contributed by atoms with van der Waals surface area (Å²) in [6.45, 7) is 2.88. The predicted molar refractivity (Wildman–Crippen MR) is 86.2 cm³/mol. The van der Waals surface area contributed by atoms with Crippen LogP contribution in [0.5, 0.6) is 0 Å². The van der Waals surface area contributed by atoms with Crippen molar-refractivity contribution >= 4 is 23.2 Å². The zero-order chi connectivity index (χ0) is 14.8. The highest BCUT2D eigenvalue weighted by Gasteiger charge is 2.54. The first-order valence-electron chi connectivity index (χ1n) is 8.32. The number of rotatable bonds is 0. The molecular formula is C17H20ClN3O. The third-order valence-corrected chi connectivity index (χ3v) is 6.34. The van der Waals surface area contributed by atoms with E-state index in [1.54, 1.807) is 0 Å². The van der Waals surface area contributed by atoms with Crippen LogP contribution in [0.15, 0.2) is 18.2 Å². The summed E-state index contributed by atoms with van der Waals surface area (Å²) < 4.78 is 0. The summed E-state index contributed by atoms with van der Waals surface area (Å²) in [5.74, 6) is 0.917. The Morgan fingerprint density at radius 1 is 1.14 bits per heavy atom. The van der Waals surface area contributed by atoms with E-state index < -0.39 is 0 Å². The van der Waals surface area contributed by atoms with Crippen LogP contribution in [0.4, 0.5) is 5.69 Å². The van der Waals surface area contributed by atoms with Crippen molar-refractivity contribution in [3.63, 3.8) is 0 Å². The van der Waals surface area contributed by atoms with Gasteiger partial charge in [0.25, 0.3) is 0 Å². The Morgan fingerprint density at radius 2 is 2.05 bits per heavy atom. The second kappa shape index (κ2) is 4.62. The molecule has 4 nitrogen and oxygen atoms in total. The van der Waals surface area contributed by atoms with Gasteiger partial charge in [-0.2, -0.15) is 0 Å². The molecule has 1 amide bonds. The summed E-state index contributed by atoms with van der Waals surface area (Å²) in [5.41, 5.74) is 2.66. The first-order valence-corrected chi connectivity index (χ1v) is 8.70. The molecule has 1 aromatic carbocycles. The van der Waals surface area contributed by atoms with Crippen molar-refractivity contribution in [1.29, 1.82) is 0 Å². The Bertz CT molecular complexity index is 649. The smallest absolute Gasteiger partial charge is 0.226 e. The van der Waals surface area contributed by atoms with Gasteiger partial charge < -0.3 is 10.2 Å². The summed E-state index contributed by atoms with van der Waals surface area (Å²) in [6.07, 6.45) is 3.35. The molecule has 4 aliphatic rings. The molecule has 1 N–H and O–H groups in total. The highest BCUT2D eigenvalue weighted by atomic mass is 35.5. The highest BCUT2D eigenvalue weighted by Crippen LogP contribution is 2.50. The Kier molecular flexibility index (Phi) is 2.77. The fourth-order valence-electron chi connectivity index (χ4n) is 5.27. The van der Waals surface area contributed by atoms with Gasteiger partial charge in [0.05, 0.1) is 18.6 Å². The van der Waals surface area contributed by atoms with Crippen molar-refractivity contribution in [2.75, 3.05) is 24.7 Å². The first-order chi connectivity index (χ1) is 10.7. The quantitative estimate of drug-likeness (QED) is 0.796. The molecule has 4 aliphatic heterocycles. The number of nitrogens with zero attached hydrogens (tertiary/aromatic N) is 2. The van der Waals surface area contributed by atoms with Gasteiger partial charge in [0, 0.05) is 22.7 Å². The molecule has 4 atom stereocenters. The number of anilines is 1. The molecule has 0 aromatic heterocycles. The van der Waals surface area contributed by atoms with Gasteiger partial charge in [0.1, 0.15) is 0 Å². The number of amides is 1. The summed E-state index contributed by atoms with van der Waals surface area (Å²) >= 11 is 6.25. The average molecular weight is 318 g/mol. The van der Waals surface area contributed by atoms with E-state index in [0.29, 0.717) is 24.7 Å². The zero-order valence-corrected chi connectivity index (χ0v) is 13.2. The molecule has 22 heavy (non-hydrogen) atoms. The van der Waals surface area contributed by atoms with E-state index in [4.69, 9.17) is 11.6 Å². The Labute approximate surface area is 135 Å². The summed E-state index contributed by atoms with van der Waals surface area (Å²) in [4.78, 5) is 17.5. The largest absolute Gasteiger partial charge is 0.348 e. The molecule has 0 spiro atoms. The molecule has 3 saturated heterocycles. The first kappa shape index (κ1) is 13.2. The third-order valence-electron chi connectivity index (χ3n) is 6.10. The molecule has 1 aromatic rings. The van der Waals surface area contributed by atoms with E-state index in [9.17, 15) is 4.79 Å². The maximum Gasteiger partial charge on any atom is 0.226 e. The normalized spacial score (nSPS) is 36.4. The monoisotopic (exact) mass is 317 g/mol. The van der Waals surface area contributed by atoms with E-state index >= 15 is 0 Å². The zero-order valence-electron chi connectivity index (χ0n) is 12.5. The van der Waals surface area contributed by atoms with Gasteiger partial charge in [0.2, 0.25) is 5.91 Å². The van der Waals surface area contributed by atoms with Crippen LogP contribution >= 0.6 is 11.6 Å². The number of carbonyl (C=O) groups is 1. The van der Waals surface area contributed by atoms with Crippen LogP contribution in [0.3, 0.4) is 0 Å². The Balaban J connectivity index is 1.66. The van der Waals surface area contributed by atoms with Crippen molar-refractivity contribution in [1.82, 2.24) is 10.2 Å². The maximum absolute atomic E-state index is 12.5. The van der Waals surface area contributed by atoms with Crippen LogP contribution in [0.2, 0.25) is 5.02 Å². The molecule has 3 fully saturated rings. The molecular weight excluding hydrogens is 298 g/mol. The van der Waals surface area contributed by atoms with Crippen molar-refractivity contribution in [2.45, 2.75) is 37.3 Å². The van der Waals surface area contributed by atoms with Gasteiger partial charge in [-0.1, -0.05) is 11.6 Å². The highest BCUT2D eigenvalue weighted by molar-refractivity contribution is 6.30. The molecule has 4 heterocycles. The number of nitrogens with one attached hydrogen (secondary N) is 1. The van der Waals surface area contributed by atoms with Crippen LogP contribution in [0.1, 0.15) is 30.7 Å². The second-order valence-corrected chi connectivity index (χ2v) is 7.47. The topological polar surface area (TPSA) is 35.6 Å². The van der Waals surface area contributed by atoms with Crippen LogP contribution in [0.25, 0.3) is 0 Å². The molecule has 0 saturated carbocycles. The maximum atomic E-state index is 12.5. The van der Waals surface area contributed by atoms with Gasteiger partial charge in [-0.25, -0.2) is 0 Å². The number of piperidine rings is 2. The fraction of sp³-hybridized carbons (Fsp3) is 0.588. The minimum atomic E-state index is 0.149. The lowest BCUT2D eigenvalue weighted by atomic mass is 9.75.